The van der Waals surface area contributed by atoms with E-state index in [1.54, 1.807) is 0 Å². The Kier molecular flexibility index (Phi) is 4.09. The van der Waals surface area contributed by atoms with Crippen molar-refractivity contribution < 1.29 is 10.0 Å². The van der Waals surface area contributed by atoms with Crippen LogP contribution in [0.15, 0.2) is 42.7 Å². The summed E-state index contributed by atoms with van der Waals surface area (Å²) in [7, 11) is 0. The average molecular weight is 262 g/mol. The number of hydrogen-bond donors (Lipinski definition) is 2. The number of aliphatic hydroxyl groups excluding tert-OH is 1. The Morgan fingerprint density at radius 2 is 2.16 bits per heavy atom. The lowest BCUT2D eigenvalue weighted by Gasteiger charge is -2.12. The second kappa shape index (κ2) is 5.96. The van der Waals surface area contributed by atoms with E-state index in [1.165, 1.54) is 10.9 Å². The fourth-order valence-corrected chi connectivity index (χ4v) is 1.62. The molecule has 0 saturated heterocycles. The number of nitro groups is 1. The molecule has 7 heteroatoms. The average Bonchev–Trinajstić information content (AvgIpc) is 2.86. The zero-order valence-electron chi connectivity index (χ0n) is 10.1. The molecule has 1 aromatic heterocycles. The summed E-state index contributed by atoms with van der Waals surface area (Å²) < 4.78 is 1.36. The van der Waals surface area contributed by atoms with Gasteiger partial charge in [-0.3, -0.25) is 14.8 Å². The van der Waals surface area contributed by atoms with E-state index in [4.69, 9.17) is 0 Å². The Labute approximate surface area is 109 Å². The van der Waals surface area contributed by atoms with Gasteiger partial charge in [-0.05, 0) is 12.1 Å². The molecule has 19 heavy (non-hydrogen) atoms. The second-order valence-corrected chi connectivity index (χ2v) is 4.08. The Hall–Kier alpha value is -2.41. The van der Waals surface area contributed by atoms with Gasteiger partial charge in [0, 0.05) is 12.2 Å². The first-order valence-corrected chi connectivity index (χ1v) is 5.79. The lowest BCUT2D eigenvalue weighted by Crippen LogP contribution is -2.25. The van der Waals surface area contributed by atoms with Crippen LogP contribution in [0.5, 0.6) is 0 Å². The van der Waals surface area contributed by atoms with Crippen LogP contribution in [0, 0.1) is 10.1 Å². The number of rotatable bonds is 6. The lowest BCUT2D eigenvalue weighted by molar-refractivity contribution is -0.385. The van der Waals surface area contributed by atoms with Crippen LogP contribution in [0.4, 0.5) is 11.4 Å². The van der Waals surface area contributed by atoms with Crippen molar-refractivity contribution in [3.8, 4) is 0 Å². The zero-order chi connectivity index (χ0) is 13.7. The summed E-state index contributed by atoms with van der Waals surface area (Å²) in [5, 5.41) is 27.2. The highest BCUT2D eigenvalue weighted by Gasteiger charge is 2.11. The molecule has 2 aromatic rings. The van der Waals surface area contributed by atoms with Crippen LogP contribution < -0.4 is 5.32 Å². The first kappa shape index (κ1) is 13.0. The SMILES string of the molecule is O=[N+]([O-])c1cnn(CC(O)CNc2ccccc2)c1. The highest BCUT2D eigenvalue weighted by atomic mass is 16.6. The summed E-state index contributed by atoms with van der Waals surface area (Å²) in [4.78, 5) is 9.97. The van der Waals surface area contributed by atoms with Crippen LogP contribution in [-0.4, -0.2) is 32.5 Å². The minimum Gasteiger partial charge on any atom is -0.389 e. The number of benzene rings is 1. The van der Waals surface area contributed by atoms with Gasteiger partial charge in [0.2, 0.25) is 0 Å². The molecule has 0 saturated carbocycles. The minimum absolute atomic E-state index is 0.0804. The van der Waals surface area contributed by atoms with E-state index < -0.39 is 11.0 Å². The maximum atomic E-state index is 10.5. The van der Waals surface area contributed by atoms with Gasteiger partial charge in [-0.25, -0.2) is 0 Å². The first-order valence-electron chi connectivity index (χ1n) is 5.79. The Morgan fingerprint density at radius 3 is 2.79 bits per heavy atom. The minimum atomic E-state index is -0.681. The number of para-hydroxylation sites is 1. The smallest absolute Gasteiger partial charge is 0.306 e. The van der Waals surface area contributed by atoms with Crippen molar-refractivity contribution in [3.05, 3.63) is 52.8 Å². The summed E-state index contributed by atoms with van der Waals surface area (Å²) in [6, 6.07) is 9.48. The predicted octanol–water partition coefficient (Wildman–Crippen LogP) is 1.26. The second-order valence-electron chi connectivity index (χ2n) is 4.08. The molecular weight excluding hydrogens is 248 g/mol. The molecule has 2 rings (SSSR count). The van der Waals surface area contributed by atoms with E-state index in [2.05, 4.69) is 10.4 Å². The molecule has 0 fully saturated rings. The molecule has 0 radical (unpaired) electrons. The summed E-state index contributed by atoms with van der Waals surface area (Å²) >= 11 is 0. The molecular formula is C12H14N4O3. The molecule has 1 unspecified atom stereocenters. The third-order valence-corrected chi connectivity index (χ3v) is 2.54. The van der Waals surface area contributed by atoms with Crippen molar-refractivity contribution >= 4 is 11.4 Å². The molecule has 0 spiro atoms. The standard InChI is InChI=1S/C12H14N4O3/c17-12(7-13-10-4-2-1-3-5-10)9-15-8-11(6-14-15)16(18)19/h1-6,8,12-13,17H,7,9H2. The van der Waals surface area contributed by atoms with Crippen LogP contribution in [0.2, 0.25) is 0 Å². The predicted molar refractivity (Wildman–Crippen MR) is 69.8 cm³/mol. The Morgan fingerprint density at radius 1 is 1.42 bits per heavy atom. The number of anilines is 1. The number of hydrogen-bond acceptors (Lipinski definition) is 5. The van der Waals surface area contributed by atoms with E-state index >= 15 is 0 Å². The highest BCUT2D eigenvalue weighted by Crippen LogP contribution is 2.09. The molecule has 0 aliphatic heterocycles. The molecule has 0 aliphatic carbocycles. The van der Waals surface area contributed by atoms with Crippen molar-refractivity contribution in [3.63, 3.8) is 0 Å². The van der Waals surface area contributed by atoms with Gasteiger partial charge in [-0.15, -0.1) is 0 Å². The molecule has 0 bridgehead atoms. The molecule has 1 heterocycles. The van der Waals surface area contributed by atoms with E-state index in [1.807, 2.05) is 30.3 Å². The van der Waals surface area contributed by atoms with Crippen LogP contribution >= 0.6 is 0 Å². The van der Waals surface area contributed by atoms with Gasteiger partial charge in [-0.1, -0.05) is 18.2 Å². The normalized spacial score (nSPS) is 12.1. The Balaban J connectivity index is 1.83. The number of aliphatic hydroxyl groups is 1. The van der Waals surface area contributed by atoms with Gasteiger partial charge in [0.05, 0.1) is 17.6 Å². The van der Waals surface area contributed by atoms with E-state index in [0.717, 1.165) is 11.9 Å². The van der Waals surface area contributed by atoms with Gasteiger partial charge >= 0.3 is 5.69 Å². The van der Waals surface area contributed by atoms with Crippen molar-refractivity contribution in [1.29, 1.82) is 0 Å². The number of aromatic nitrogens is 2. The van der Waals surface area contributed by atoms with Crippen LogP contribution in [-0.2, 0) is 6.54 Å². The molecule has 7 nitrogen and oxygen atoms in total. The zero-order valence-corrected chi connectivity index (χ0v) is 10.1. The fraction of sp³-hybridized carbons (Fsp3) is 0.250. The van der Waals surface area contributed by atoms with Crippen LogP contribution in [0.1, 0.15) is 0 Å². The maximum absolute atomic E-state index is 10.5. The summed E-state index contributed by atoms with van der Waals surface area (Å²) in [5.41, 5.74) is 0.830. The molecule has 0 aliphatic rings. The largest absolute Gasteiger partial charge is 0.389 e. The quantitative estimate of drug-likeness (QED) is 0.604. The third-order valence-electron chi connectivity index (χ3n) is 2.54. The van der Waals surface area contributed by atoms with Crippen molar-refractivity contribution in [2.24, 2.45) is 0 Å². The summed E-state index contributed by atoms with van der Waals surface area (Å²) in [6.07, 6.45) is 1.78. The lowest BCUT2D eigenvalue weighted by atomic mass is 10.3. The summed E-state index contributed by atoms with van der Waals surface area (Å²) in [5.74, 6) is 0. The number of nitrogens with zero attached hydrogens (tertiary/aromatic N) is 3. The van der Waals surface area contributed by atoms with E-state index in [0.29, 0.717) is 6.54 Å². The molecule has 100 valence electrons. The van der Waals surface area contributed by atoms with Gasteiger partial charge in [0.15, 0.2) is 0 Å². The van der Waals surface area contributed by atoms with Crippen molar-refractivity contribution in [1.82, 2.24) is 9.78 Å². The van der Waals surface area contributed by atoms with E-state index in [9.17, 15) is 15.2 Å². The Bertz CT molecular complexity index is 541. The molecule has 2 N–H and O–H groups in total. The van der Waals surface area contributed by atoms with Crippen molar-refractivity contribution in [2.45, 2.75) is 12.6 Å². The maximum Gasteiger partial charge on any atom is 0.306 e. The van der Waals surface area contributed by atoms with Gasteiger partial charge in [-0.2, -0.15) is 5.10 Å². The van der Waals surface area contributed by atoms with Crippen LogP contribution in [0.3, 0.4) is 0 Å². The molecule has 1 atom stereocenters. The topological polar surface area (TPSA) is 93.2 Å². The van der Waals surface area contributed by atoms with E-state index in [-0.39, 0.29) is 12.2 Å². The van der Waals surface area contributed by atoms with Gasteiger partial charge in [0.1, 0.15) is 12.4 Å². The van der Waals surface area contributed by atoms with Crippen LogP contribution in [0.25, 0.3) is 0 Å². The highest BCUT2D eigenvalue weighted by molar-refractivity contribution is 5.42. The third kappa shape index (κ3) is 3.78. The summed E-state index contributed by atoms with van der Waals surface area (Å²) in [6.45, 7) is 0.547. The molecule has 1 aromatic carbocycles. The number of nitrogens with one attached hydrogen (secondary N) is 1. The monoisotopic (exact) mass is 262 g/mol. The van der Waals surface area contributed by atoms with Gasteiger partial charge in [0.25, 0.3) is 0 Å². The molecule has 0 amide bonds. The fourth-order valence-electron chi connectivity index (χ4n) is 1.62. The van der Waals surface area contributed by atoms with Crippen molar-refractivity contribution in [2.75, 3.05) is 11.9 Å². The first-order chi connectivity index (χ1) is 9.15. The van der Waals surface area contributed by atoms with Gasteiger partial charge < -0.3 is 10.4 Å².